The van der Waals surface area contributed by atoms with Gasteiger partial charge in [-0.2, -0.15) is 0 Å². The van der Waals surface area contributed by atoms with E-state index in [1.54, 1.807) is 6.92 Å². The Morgan fingerprint density at radius 1 is 1.47 bits per heavy atom. The van der Waals surface area contributed by atoms with Crippen molar-refractivity contribution in [2.45, 2.75) is 39.3 Å². The minimum Gasteiger partial charge on any atom is -0.483 e. The number of nitrogens with two attached hydrogens (primary N) is 1. The first kappa shape index (κ1) is 15.4. The summed E-state index contributed by atoms with van der Waals surface area (Å²) >= 11 is 0. The molecule has 1 aromatic rings. The number of nitrogens with one attached hydrogen (secondary N) is 1. The SMILES string of the molecule is CC(N)c1cc(F)ccc1OCC(=O)NC(C)(C)C. The molecule has 4 nitrogen and oxygen atoms in total. The van der Waals surface area contributed by atoms with Gasteiger partial charge in [0.2, 0.25) is 0 Å². The number of halogens is 1. The molecule has 0 radical (unpaired) electrons. The van der Waals surface area contributed by atoms with Crippen molar-refractivity contribution in [2.75, 3.05) is 6.61 Å². The van der Waals surface area contributed by atoms with Crippen molar-refractivity contribution in [3.05, 3.63) is 29.6 Å². The van der Waals surface area contributed by atoms with Gasteiger partial charge in [0.05, 0.1) is 0 Å². The van der Waals surface area contributed by atoms with Crippen molar-refractivity contribution in [1.29, 1.82) is 0 Å². The number of ether oxygens (including phenoxy) is 1. The van der Waals surface area contributed by atoms with Crippen molar-refractivity contribution < 1.29 is 13.9 Å². The zero-order valence-corrected chi connectivity index (χ0v) is 11.8. The van der Waals surface area contributed by atoms with Crippen molar-refractivity contribution in [3.8, 4) is 5.75 Å². The van der Waals surface area contributed by atoms with E-state index in [1.807, 2.05) is 20.8 Å². The lowest BCUT2D eigenvalue weighted by atomic mass is 10.1. The van der Waals surface area contributed by atoms with Crippen LogP contribution < -0.4 is 15.8 Å². The van der Waals surface area contributed by atoms with Crippen molar-refractivity contribution in [3.63, 3.8) is 0 Å². The molecule has 19 heavy (non-hydrogen) atoms. The molecule has 0 saturated heterocycles. The second kappa shape index (κ2) is 6.02. The molecule has 0 bridgehead atoms. The summed E-state index contributed by atoms with van der Waals surface area (Å²) in [7, 11) is 0. The van der Waals surface area contributed by atoms with Crippen LogP contribution in [0.25, 0.3) is 0 Å². The van der Waals surface area contributed by atoms with Gasteiger partial charge in [-0.1, -0.05) is 0 Å². The molecule has 0 aromatic heterocycles. The predicted octanol–water partition coefficient (Wildman–Crippen LogP) is 2.14. The molecule has 106 valence electrons. The third kappa shape index (κ3) is 5.26. The van der Waals surface area contributed by atoms with Gasteiger partial charge < -0.3 is 15.8 Å². The second-order valence-corrected chi connectivity index (χ2v) is 5.56. The van der Waals surface area contributed by atoms with E-state index in [2.05, 4.69) is 5.32 Å². The standard InChI is InChI=1S/C14H21FN2O2/c1-9(16)11-7-10(15)5-6-12(11)19-8-13(18)17-14(2,3)4/h5-7,9H,8,16H2,1-4H3,(H,17,18). The Bertz CT molecular complexity index is 453. The van der Waals surface area contributed by atoms with Gasteiger partial charge in [-0.15, -0.1) is 0 Å². The fourth-order valence-corrected chi connectivity index (χ4v) is 1.60. The fourth-order valence-electron chi connectivity index (χ4n) is 1.60. The molecule has 1 amide bonds. The van der Waals surface area contributed by atoms with Crippen LogP contribution in [0.5, 0.6) is 5.75 Å². The zero-order chi connectivity index (χ0) is 14.6. The van der Waals surface area contributed by atoms with Gasteiger partial charge in [0.25, 0.3) is 5.91 Å². The Hall–Kier alpha value is -1.62. The molecule has 1 unspecified atom stereocenters. The monoisotopic (exact) mass is 268 g/mol. The summed E-state index contributed by atoms with van der Waals surface area (Å²) in [4.78, 5) is 11.6. The van der Waals surface area contributed by atoms with E-state index in [1.165, 1.54) is 18.2 Å². The average molecular weight is 268 g/mol. The van der Waals surface area contributed by atoms with Gasteiger partial charge in [0, 0.05) is 17.1 Å². The van der Waals surface area contributed by atoms with Gasteiger partial charge in [-0.25, -0.2) is 4.39 Å². The molecular formula is C14H21FN2O2. The van der Waals surface area contributed by atoms with Crippen molar-refractivity contribution in [2.24, 2.45) is 5.73 Å². The van der Waals surface area contributed by atoms with E-state index in [0.717, 1.165) is 0 Å². The van der Waals surface area contributed by atoms with E-state index in [-0.39, 0.29) is 29.9 Å². The molecule has 0 spiro atoms. The predicted molar refractivity (Wildman–Crippen MR) is 72.4 cm³/mol. The van der Waals surface area contributed by atoms with Crippen LogP contribution in [0.2, 0.25) is 0 Å². The molecular weight excluding hydrogens is 247 g/mol. The fraction of sp³-hybridized carbons (Fsp3) is 0.500. The number of carbonyl (C=O) groups excluding carboxylic acids is 1. The van der Waals surface area contributed by atoms with E-state index in [4.69, 9.17) is 10.5 Å². The molecule has 1 rings (SSSR count). The summed E-state index contributed by atoms with van der Waals surface area (Å²) in [5, 5.41) is 2.78. The minimum atomic E-state index is -0.376. The maximum Gasteiger partial charge on any atom is 0.258 e. The van der Waals surface area contributed by atoms with E-state index < -0.39 is 0 Å². The molecule has 0 aliphatic heterocycles. The maximum absolute atomic E-state index is 13.1. The number of benzene rings is 1. The van der Waals surface area contributed by atoms with Gasteiger partial charge in [-0.3, -0.25) is 4.79 Å². The largest absolute Gasteiger partial charge is 0.483 e. The van der Waals surface area contributed by atoms with Crippen LogP contribution in [0.1, 0.15) is 39.3 Å². The Labute approximate surface area is 113 Å². The van der Waals surface area contributed by atoms with Crippen LogP contribution in [0, 0.1) is 5.82 Å². The highest BCUT2D eigenvalue weighted by molar-refractivity contribution is 5.78. The van der Waals surface area contributed by atoms with Crippen LogP contribution in [0.3, 0.4) is 0 Å². The number of hydrogen-bond acceptors (Lipinski definition) is 3. The lowest BCUT2D eigenvalue weighted by Gasteiger charge is -2.21. The zero-order valence-electron chi connectivity index (χ0n) is 11.8. The number of hydrogen-bond donors (Lipinski definition) is 2. The molecule has 0 heterocycles. The van der Waals surface area contributed by atoms with Crippen LogP contribution in [0.4, 0.5) is 4.39 Å². The van der Waals surface area contributed by atoms with E-state index >= 15 is 0 Å². The summed E-state index contributed by atoms with van der Waals surface area (Å²) in [6.45, 7) is 7.27. The number of rotatable bonds is 4. The Kier molecular flexibility index (Phi) is 4.89. The Morgan fingerprint density at radius 3 is 2.63 bits per heavy atom. The first-order valence-corrected chi connectivity index (χ1v) is 6.18. The van der Waals surface area contributed by atoms with Crippen LogP contribution >= 0.6 is 0 Å². The lowest BCUT2D eigenvalue weighted by molar-refractivity contribution is -0.124. The molecule has 0 saturated carbocycles. The Balaban J connectivity index is 2.70. The van der Waals surface area contributed by atoms with Crippen LogP contribution in [0.15, 0.2) is 18.2 Å². The summed E-state index contributed by atoms with van der Waals surface area (Å²) in [6.07, 6.45) is 0. The summed E-state index contributed by atoms with van der Waals surface area (Å²) in [6, 6.07) is 3.72. The highest BCUT2D eigenvalue weighted by Crippen LogP contribution is 2.24. The third-order valence-corrected chi connectivity index (χ3v) is 2.34. The van der Waals surface area contributed by atoms with E-state index in [0.29, 0.717) is 11.3 Å². The van der Waals surface area contributed by atoms with E-state index in [9.17, 15) is 9.18 Å². The molecule has 0 fully saturated rings. The second-order valence-electron chi connectivity index (χ2n) is 5.56. The quantitative estimate of drug-likeness (QED) is 0.879. The third-order valence-electron chi connectivity index (χ3n) is 2.34. The molecule has 0 aliphatic rings. The highest BCUT2D eigenvalue weighted by Gasteiger charge is 2.15. The summed E-state index contributed by atoms with van der Waals surface area (Å²) < 4.78 is 18.5. The average Bonchev–Trinajstić information content (AvgIpc) is 2.24. The van der Waals surface area contributed by atoms with Gasteiger partial charge in [-0.05, 0) is 45.9 Å². The van der Waals surface area contributed by atoms with Crippen LogP contribution in [-0.4, -0.2) is 18.1 Å². The molecule has 5 heteroatoms. The minimum absolute atomic E-state index is 0.122. The smallest absolute Gasteiger partial charge is 0.258 e. The van der Waals surface area contributed by atoms with Crippen LogP contribution in [-0.2, 0) is 4.79 Å². The van der Waals surface area contributed by atoms with Crippen molar-refractivity contribution in [1.82, 2.24) is 5.32 Å². The molecule has 0 aliphatic carbocycles. The maximum atomic E-state index is 13.1. The van der Waals surface area contributed by atoms with Crippen molar-refractivity contribution >= 4 is 5.91 Å². The number of carbonyl (C=O) groups is 1. The number of amides is 1. The topological polar surface area (TPSA) is 64.3 Å². The molecule has 1 atom stereocenters. The first-order chi connectivity index (χ1) is 8.69. The molecule has 1 aromatic carbocycles. The Morgan fingerprint density at radius 2 is 2.11 bits per heavy atom. The first-order valence-electron chi connectivity index (χ1n) is 6.18. The highest BCUT2D eigenvalue weighted by atomic mass is 19.1. The summed E-state index contributed by atoms with van der Waals surface area (Å²) in [5.74, 6) is -0.174. The van der Waals surface area contributed by atoms with Gasteiger partial charge in [0.1, 0.15) is 11.6 Å². The molecule has 3 N–H and O–H groups in total. The van der Waals surface area contributed by atoms with Gasteiger partial charge in [0.15, 0.2) is 6.61 Å². The summed E-state index contributed by atoms with van der Waals surface area (Å²) in [5.41, 5.74) is 5.98. The normalized spacial score (nSPS) is 12.9. The lowest BCUT2D eigenvalue weighted by Crippen LogP contribution is -2.43. The van der Waals surface area contributed by atoms with Gasteiger partial charge >= 0.3 is 0 Å².